The number of rotatable bonds is 4. The first-order valence-electron chi connectivity index (χ1n) is 7.17. The lowest BCUT2D eigenvalue weighted by Crippen LogP contribution is -2.31. The monoisotopic (exact) mass is 355 g/mol. The van der Waals surface area contributed by atoms with Crippen molar-refractivity contribution in [2.24, 2.45) is 11.8 Å². The van der Waals surface area contributed by atoms with Gasteiger partial charge in [-0.25, -0.2) is 4.68 Å². The first-order valence-corrected chi connectivity index (χ1v) is 7.96. The molecule has 2 saturated carbocycles. The molecule has 0 spiro atoms. The van der Waals surface area contributed by atoms with Crippen molar-refractivity contribution in [2.75, 3.05) is 12.4 Å². The van der Waals surface area contributed by atoms with E-state index >= 15 is 0 Å². The molecule has 2 aliphatic rings. The zero-order valence-electron chi connectivity index (χ0n) is 11.8. The van der Waals surface area contributed by atoms with E-state index in [2.05, 4.69) is 31.1 Å². The van der Waals surface area contributed by atoms with Gasteiger partial charge >= 0.3 is 5.97 Å². The van der Waals surface area contributed by atoms with Gasteiger partial charge < -0.3 is 10.1 Å². The molecule has 1 N–H and O–H groups in total. The molecule has 21 heavy (non-hydrogen) atoms. The van der Waals surface area contributed by atoms with E-state index in [1.54, 1.807) is 6.20 Å². The highest BCUT2D eigenvalue weighted by molar-refractivity contribution is 9.10. The number of hydrogen-bond donors (Lipinski definition) is 1. The molecule has 3 atom stereocenters. The van der Waals surface area contributed by atoms with Gasteiger partial charge in [0.05, 0.1) is 19.0 Å². The Morgan fingerprint density at radius 3 is 2.95 bits per heavy atom. The highest BCUT2D eigenvalue weighted by atomic mass is 79.9. The maximum atomic E-state index is 12.2. The highest BCUT2D eigenvalue weighted by Crippen LogP contribution is 2.45. The Kier molecular flexibility index (Phi) is 4.01. The van der Waals surface area contributed by atoms with E-state index in [1.165, 1.54) is 32.8 Å². The molecule has 1 heterocycles. The SMILES string of the molecule is COC(=O)Cn1ncc(NC2CC3CCC2C3)c(Br)c1=O. The molecule has 0 radical (unpaired) electrons. The summed E-state index contributed by atoms with van der Waals surface area (Å²) in [4.78, 5) is 23.4. The van der Waals surface area contributed by atoms with Crippen molar-refractivity contribution < 1.29 is 9.53 Å². The lowest BCUT2D eigenvalue weighted by molar-refractivity contribution is -0.141. The summed E-state index contributed by atoms with van der Waals surface area (Å²) in [7, 11) is 1.29. The molecule has 3 unspecified atom stereocenters. The van der Waals surface area contributed by atoms with E-state index in [0.717, 1.165) is 10.6 Å². The molecule has 3 rings (SSSR count). The van der Waals surface area contributed by atoms with E-state index in [0.29, 0.717) is 22.1 Å². The third-order valence-corrected chi connectivity index (χ3v) is 5.34. The first kappa shape index (κ1) is 14.6. The average Bonchev–Trinajstić information content (AvgIpc) is 3.09. The van der Waals surface area contributed by atoms with Crippen LogP contribution in [0.3, 0.4) is 0 Å². The number of ether oxygens (including phenoxy) is 1. The Morgan fingerprint density at radius 2 is 2.33 bits per heavy atom. The van der Waals surface area contributed by atoms with Crippen LogP contribution in [0.2, 0.25) is 0 Å². The molecule has 2 aliphatic carbocycles. The van der Waals surface area contributed by atoms with Crippen LogP contribution < -0.4 is 10.9 Å². The van der Waals surface area contributed by atoms with E-state index in [9.17, 15) is 9.59 Å². The second-order valence-electron chi connectivity index (χ2n) is 5.84. The molecule has 0 saturated heterocycles. The Hall–Kier alpha value is -1.37. The second kappa shape index (κ2) is 5.79. The van der Waals surface area contributed by atoms with Crippen molar-refractivity contribution in [3.63, 3.8) is 0 Å². The molecule has 1 aromatic heterocycles. The minimum atomic E-state index is -0.495. The van der Waals surface area contributed by atoms with Crippen LogP contribution >= 0.6 is 15.9 Å². The number of fused-ring (bicyclic) bond motifs is 2. The normalized spacial score (nSPS) is 26.9. The number of methoxy groups -OCH3 is 1. The molecule has 2 bridgehead atoms. The Bertz CT molecular complexity index is 616. The molecule has 2 fully saturated rings. The van der Waals surface area contributed by atoms with E-state index in [1.807, 2.05) is 0 Å². The van der Waals surface area contributed by atoms with Crippen molar-refractivity contribution in [3.8, 4) is 0 Å². The standard InChI is InChI=1S/C14H18BrN3O3/c1-21-12(19)7-18-14(20)13(15)11(6-16-18)17-10-5-8-2-3-9(10)4-8/h6,8-10,17H,2-5,7H2,1H3. The molecule has 0 aromatic carbocycles. The van der Waals surface area contributed by atoms with Crippen LogP contribution in [-0.4, -0.2) is 28.9 Å². The van der Waals surface area contributed by atoms with Crippen LogP contribution in [0.25, 0.3) is 0 Å². The zero-order valence-corrected chi connectivity index (χ0v) is 13.4. The topological polar surface area (TPSA) is 73.2 Å². The largest absolute Gasteiger partial charge is 0.468 e. The molecule has 7 heteroatoms. The number of carbonyl (C=O) groups excluding carboxylic acids is 1. The lowest BCUT2D eigenvalue weighted by atomic mass is 9.95. The van der Waals surface area contributed by atoms with Crippen LogP contribution in [0.4, 0.5) is 5.69 Å². The summed E-state index contributed by atoms with van der Waals surface area (Å²) in [6.45, 7) is -0.178. The number of nitrogens with zero attached hydrogens (tertiary/aromatic N) is 2. The fourth-order valence-corrected chi connectivity index (χ4v) is 3.91. The fourth-order valence-electron chi connectivity index (χ4n) is 3.49. The number of aromatic nitrogens is 2. The van der Waals surface area contributed by atoms with Crippen molar-refractivity contribution in [1.82, 2.24) is 9.78 Å². The number of anilines is 1. The molecular weight excluding hydrogens is 338 g/mol. The first-order chi connectivity index (χ1) is 10.1. The van der Waals surface area contributed by atoms with Crippen LogP contribution in [0.1, 0.15) is 25.7 Å². The smallest absolute Gasteiger partial charge is 0.327 e. The van der Waals surface area contributed by atoms with Gasteiger partial charge in [0.25, 0.3) is 5.56 Å². The summed E-state index contributed by atoms with van der Waals surface area (Å²) in [6.07, 6.45) is 6.67. The van der Waals surface area contributed by atoms with Gasteiger partial charge in [0.1, 0.15) is 11.0 Å². The molecule has 0 amide bonds. The predicted molar refractivity (Wildman–Crippen MR) is 81.1 cm³/mol. The predicted octanol–water partition coefficient (Wildman–Crippen LogP) is 1.78. The number of nitrogens with one attached hydrogen (secondary N) is 1. The van der Waals surface area contributed by atoms with Crippen molar-refractivity contribution >= 4 is 27.6 Å². The van der Waals surface area contributed by atoms with Gasteiger partial charge in [0.15, 0.2) is 0 Å². The molecule has 1 aromatic rings. The van der Waals surface area contributed by atoms with Gasteiger partial charge in [0, 0.05) is 6.04 Å². The van der Waals surface area contributed by atoms with Crippen LogP contribution in [0.15, 0.2) is 15.5 Å². The molecule has 6 nitrogen and oxygen atoms in total. The van der Waals surface area contributed by atoms with Crippen LogP contribution in [0.5, 0.6) is 0 Å². The summed E-state index contributed by atoms with van der Waals surface area (Å²) >= 11 is 3.32. The summed E-state index contributed by atoms with van der Waals surface area (Å²) in [5.74, 6) is 1.05. The third kappa shape index (κ3) is 2.84. The zero-order chi connectivity index (χ0) is 15.0. The van der Waals surface area contributed by atoms with Crippen molar-refractivity contribution in [1.29, 1.82) is 0 Å². The molecule has 114 valence electrons. The summed E-state index contributed by atoms with van der Waals surface area (Å²) < 4.78 is 6.07. The van der Waals surface area contributed by atoms with E-state index in [4.69, 9.17) is 0 Å². The van der Waals surface area contributed by atoms with Crippen molar-refractivity contribution in [2.45, 2.75) is 38.3 Å². The van der Waals surface area contributed by atoms with Gasteiger partial charge in [-0.2, -0.15) is 5.10 Å². The van der Waals surface area contributed by atoms with Crippen LogP contribution in [-0.2, 0) is 16.1 Å². The second-order valence-corrected chi connectivity index (χ2v) is 6.63. The number of carbonyl (C=O) groups is 1. The molecular formula is C14H18BrN3O3. The Labute approximate surface area is 131 Å². The average molecular weight is 356 g/mol. The quantitative estimate of drug-likeness (QED) is 0.833. The van der Waals surface area contributed by atoms with E-state index < -0.39 is 5.97 Å². The van der Waals surface area contributed by atoms with Gasteiger partial charge in [-0.3, -0.25) is 9.59 Å². The van der Waals surface area contributed by atoms with Gasteiger partial charge in [-0.05, 0) is 47.0 Å². The maximum absolute atomic E-state index is 12.2. The number of hydrogen-bond acceptors (Lipinski definition) is 5. The van der Waals surface area contributed by atoms with Gasteiger partial charge in [0.2, 0.25) is 0 Å². The highest BCUT2D eigenvalue weighted by Gasteiger charge is 2.39. The number of halogens is 1. The summed E-state index contributed by atoms with van der Waals surface area (Å²) in [5.41, 5.74) is 0.382. The molecule has 0 aliphatic heterocycles. The Morgan fingerprint density at radius 1 is 1.52 bits per heavy atom. The van der Waals surface area contributed by atoms with Crippen LogP contribution in [0, 0.1) is 11.8 Å². The fraction of sp³-hybridized carbons (Fsp3) is 0.643. The van der Waals surface area contributed by atoms with Gasteiger partial charge in [-0.1, -0.05) is 6.42 Å². The van der Waals surface area contributed by atoms with E-state index in [-0.39, 0.29) is 12.1 Å². The minimum Gasteiger partial charge on any atom is -0.468 e. The summed E-state index contributed by atoms with van der Waals surface area (Å²) in [5, 5.41) is 7.48. The Balaban J connectivity index is 1.76. The maximum Gasteiger partial charge on any atom is 0.327 e. The lowest BCUT2D eigenvalue weighted by Gasteiger charge is -2.24. The van der Waals surface area contributed by atoms with Crippen molar-refractivity contribution in [3.05, 3.63) is 21.0 Å². The minimum absolute atomic E-state index is 0.178. The van der Waals surface area contributed by atoms with Gasteiger partial charge in [-0.15, -0.1) is 0 Å². The summed E-state index contributed by atoms with van der Waals surface area (Å²) in [6, 6.07) is 0.428. The third-order valence-electron chi connectivity index (χ3n) is 4.57. The number of esters is 1.